The fourth-order valence-electron chi connectivity index (χ4n) is 2.42. The average Bonchev–Trinajstić information content (AvgIpc) is 2.45. The van der Waals surface area contributed by atoms with Crippen molar-refractivity contribution in [3.8, 4) is 0 Å². The van der Waals surface area contributed by atoms with Gasteiger partial charge in [-0.3, -0.25) is 4.79 Å². The van der Waals surface area contributed by atoms with E-state index in [9.17, 15) is 9.18 Å². The summed E-state index contributed by atoms with van der Waals surface area (Å²) in [6.45, 7) is 1.69. The molecule has 0 unspecified atom stereocenters. The number of rotatable bonds is 5. The molecule has 0 radical (unpaired) electrons. The van der Waals surface area contributed by atoms with E-state index in [0.717, 1.165) is 12.8 Å². The first-order valence-electron chi connectivity index (χ1n) is 6.93. The normalized spacial score (nSPS) is 16.4. The number of aliphatic hydroxyl groups excluding tert-OH is 1. The number of likely N-dealkylation sites (tertiary alicyclic amines) is 1. The monoisotopic (exact) mass is 281 g/mol. The van der Waals surface area contributed by atoms with E-state index in [-0.39, 0.29) is 30.9 Å². The lowest BCUT2D eigenvalue weighted by atomic mass is 10.1. The van der Waals surface area contributed by atoms with Crippen molar-refractivity contribution in [3.05, 3.63) is 35.6 Å². The van der Waals surface area contributed by atoms with Crippen LogP contribution in [0.15, 0.2) is 24.3 Å². The van der Waals surface area contributed by atoms with Gasteiger partial charge >= 0.3 is 0 Å². The lowest BCUT2D eigenvalue weighted by Crippen LogP contribution is -2.41. The zero-order chi connectivity index (χ0) is 14.4. The number of hydrogen-bond donors (Lipinski definition) is 1. The van der Waals surface area contributed by atoms with Crippen LogP contribution in [-0.4, -0.2) is 48.3 Å². The molecule has 1 saturated heterocycles. The van der Waals surface area contributed by atoms with Crippen LogP contribution in [0.1, 0.15) is 18.4 Å². The maximum absolute atomic E-state index is 13.1. The number of hydrogen-bond acceptors (Lipinski definition) is 3. The van der Waals surface area contributed by atoms with Crippen LogP contribution in [0.25, 0.3) is 0 Å². The van der Waals surface area contributed by atoms with Crippen LogP contribution in [0.3, 0.4) is 0 Å². The van der Waals surface area contributed by atoms with E-state index in [0.29, 0.717) is 25.3 Å². The van der Waals surface area contributed by atoms with Crippen molar-refractivity contribution in [1.82, 2.24) is 4.90 Å². The molecular formula is C15H20FNO3. The van der Waals surface area contributed by atoms with Gasteiger partial charge < -0.3 is 14.7 Å². The summed E-state index contributed by atoms with van der Waals surface area (Å²) in [6, 6.07) is 6.15. The first kappa shape index (κ1) is 14.9. The SMILES string of the molecule is O=C(Cc1cccc(F)c1)N1CCC(OCCO)CC1. The summed E-state index contributed by atoms with van der Waals surface area (Å²) in [5, 5.41) is 8.70. The Labute approximate surface area is 118 Å². The largest absolute Gasteiger partial charge is 0.394 e. The molecule has 2 rings (SSSR count). The molecule has 0 aliphatic carbocycles. The number of benzene rings is 1. The molecule has 1 aliphatic rings. The van der Waals surface area contributed by atoms with Crippen molar-refractivity contribution in [2.45, 2.75) is 25.4 Å². The van der Waals surface area contributed by atoms with Gasteiger partial charge in [-0.2, -0.15) is 0 Å². The third kappa shape index (κ3) is 4.28. The molecular weight excluding hydrogens is 261 g/mol. The van der Waals surface area contributed by atoms with E-state index in [1.54, 1.807) is 17.0 Å². The Balaban J connectivity index is 1.80. The molecule has 1 N–H and O–H groups in total. The lowest BCUT2D eigenvalue weighted by Gasteiger charge is -2.32. The van der Waals surface area contributed by atoms with Gasteiger partial charge in [-0.05, 0) is 30.5 Å². The van der Waals surface area contributed by atoms with Crippen LogP contribution in [0.4, 0.5) is 4.39 Å². The molecule has 0 bridgehead atoms. The highest BCUT2D eigenvalue weighted by Gasteiger charge is 2.23. The van der Waals surface area contributed by atoms with Gasteiger partial charge in [0.1, 0.15) is 5.82 Å². The molecule has 0 spiro atoms. The maximum atomic E-state index is 13.1. The molecule has 5 heteroatoms. The zero-order valence-corrected chi connectivity index (χ0v) is 11.4. The fourth-order valence-corrected chi connectivity index (χ4v) is 2.42. The lowest BCUT2D eigenvalue weighted by molar-refractivity contribution is -0.133. The Bertz CT molecular complexity index is 444. The van der Waals surface area contributed by atoms with E-state index in [4.69, 9.17) is 9.84 Å². The molecule has 20 heavy (non-hydrogen) atoms. The number of carbonyl (C=O) groups is 1. The number of nitrogens with zero attached hydrogens (tertiary/aromatic N) is 1. The Morgan fingerprint density at radius 3 is 2.80 bits per heavy atom. The number of aliphatic hydroxyl groups is 1. The second-order valence-corrected chi connectivity index (χ2v) is 4.98. The minimum atomic E-state index is -0.314. The highest BCUT2D eigenvalue weighted by atomic mass is 19.1. The van der Waals surface area contributed by atoms with Gasteiger partial charge in [0.25, 0.3) is 0 Å². The van der Waals surface area contributed by atoms with E-state index < -0.39 is 0 Å². The zero-order valence-electron chi connectivity index (χ0n) is 11.4. The summed E-state index contributed by atoms with van der Waals surface area (Å²) < 4.78 is 18.5. The molecule has 4 nitrogen and oxygen atoms in total. The second kappa shape index (κ2) is 7.36. The van der Waals surface area contributed by atoms with Crippen molar-refractivity contribution in [2.24, 2.45) is 0 Å². The second-order valence-electron chi connectivity index (χ2n) is 4.98. The Kier molecular flexibility index (Phi) is 5.49. The van der Waals surface area contributed by atoms with Crippen LogP contribution in [0.2, 0.25) is 0 Å². The van der Waals surface area contributed by atoms with Crippen molar-refractivity contribution in [2.75, 3.05) is 26.3 Å². The molecule has 1 fully saturated rings. The first-order chi connectivity index (χ1) is 9.69. The van der Waals surface area contributed by atoms with Crippen LogP contribution < -0.4 is 0 Å². The summed E-state index contributed by atoms with van der Waals surface area (Å²) in [6.07, 6.45) is 1.93. The van der Waals surface area contributed by atoms with Crippen molar-refractivity contribution in [1.29, 1.82) is 0 Å². The van der Waals surface area contributed by atoms with Gasteiger partial charge in [0, 0.05) is 13.1 Å². The molecule has 1 amide bonds. The van der Waals surface area contributed by atoms with Gasteiger partial charge in [0.05, 0.1) is 25.7 Å². The van der Waals surface area contributed by atoms with Crippen LogP contribution in [0.5, 0.6) is 0 Å². The molecule has 110 valence electrons. The minimum absolute atomic E-state index is 0.0243. The molecule has 1 aromatic rings. The van der Waals surface area contributed by atoms with Gasteiger partial charge in [0.15, 0.2) is 0 Å². The topological polar surface area (TPSA) is 49.8 Å². The number of ether oxygens (including phenoxy) is 1. The van der Waals surface area contributed by atoms with E-state index >= 15 is 0 Å². The van der Waals surface area contributed by atoms with Gasteiger partial charge in [-0.1, -0.05) is 12.1 Å². The predicted octanol–water partition coefficient (Wildman–Crippen LogP) is 1.37. The van der Waals surface area contributed by atoms with Crippen LogP contribution >= 0.6 is 0 Å². The highest BCUT2D eigenvalue weighted by molar-refractivity contribution is 5.78. The summed E-state index contributed by atoms with van der Waals surface area (Å²) in [7, 11) is 0. The number of piperidine rings is 1. The third-order valence-electron chi connectivity index (χ3n) is 3.48. The van der Waals surface area contributed by atoms with Crippen molar-refractivity contribution >= 4 is 5.91 Å². The Morgan fingerprint density at radius 2 is 2.15 bits per heavy atom. The molecule has 0 atom stereocenters. The van der Waals surface area contributed by atoms with E-state index in [1.165, 1.54) is 12.1 Å². The molecule has 1 heterocycles. The molecule has 0 aromatic heterocycles. The van der Waals surface area contributed by atoms with Gasteiger partial charge in [-0.15, -0.1) is 0 Å². The predicted molar refractivity (Wildman–Crippen MR) is 72.7 cm³/mol. The summed E-state index contributed by atoms with van der Waals surface area (Å²) in [5.74, 6) is -0.289. The average molecular weight is 281 g/mol. The summed E-state index contributed by atoms with van der Waals surface area (Å²) in [5.41, 5.74) is 0.702. The van der Waals surface area contributed by atoms with Crippen LogP contribution in [-0.2, 0) is 16.0 Å². The first-order valence-corrected chi connectivity index (χ1v) is 6.93. The van der Waals surface area contributed by atoms with Crippen LogP contribution in [0, 0.1) is 5.82 Å². The molecule has 1 aliphatic heterocycles. The van der Waals surface area contributed by atoms with Gasteiger partial charge in [-0.25, -0.2) is 4.39 Å². The third-order valence-corrected chi connectivity index (χ3v) is 3.48. The maximum Gasteiger partial charge on any atom is 0.226 e. The van der Waals surface area contributed by atoms with E-state index in [1.807, 2.05) is 0 Å². The Hall–Kier alpha value is -1.46. The van der Waals surface area contributed by atoms with Gasteiger partial charge in [0.2, 0.25) is 5.91 Å². The van der Waals surface area contributed by atoms with E-state index in [2.05, 4.69) is 0 Å². The molecule has 1 aromatic carbocycles. The summed E-state index contributed by atoms with van der Waals surface area (Å²) >= 11 is 0. The molecule has 0 saturated carbocycles. The standard InChI is InChI=1S/C15H20FNO3/c16-13-3-1-2-12(10-13)11-15(19)17-6-4-14(5-7-17)20-9-8-18/h1-3,10,14,18H,4-9,11H2. The Morgan fingerprint density at radius 1 is 1.40 bits per heavy atom. The van der Waals surface area contributed by atoms with Crippen molar-refractivity contribution in [3.63, 3.8) is 0 Å². The van der Waals surface area contributed by atoms with Crippen molar-refractivity contribution < 1.29 is 19.0 Å². The number of amides is 1. The number of halogens is 1. The fraction of sp³-hybridized carbons (Fsp3) is 0.533. The minimum Gasteiger partial charge on any atom is -0.394 e. The smallest absolute Gasteiger partial charge is 0.226 e. The number of carbonyl (C=O) groups excluding carboxylic acids is 1. The summed E-state index contributed by atoms with van der Waals surface area (Å²) in [4.78, 5) is 13.9. The highest BCUT2D eigenvalue weighted by Crippen LogP contribution is 2.15. The quantitative estimate of drug-likeness (QED) is 0.887.